The van der Waals surface area contributed by atoms with Crippen molar-refractivity contribution < 1.29 is 13.9 Å². The molecule has 0 spiro atoms. The van der Waals surface area contributed by atoms with E-state index in [-0.39, 0.29) is 12.3 Å². The second-order valence-electron chi connectivity index (χ2n) is 6.46. The molecule has 3 rings (SSSR count). The van der Waals surface area contributed by atoms with Gasteiger partial charge in [-0.3, -0.25) is 4.79 Å². The number of carbonyl (C=O) groups excluding carboxylic acids is 1. The number of ether oxygens (including phenoxy) is 1. The number of nitrogens with zero attached hydrogens (tertiary/aromatic N) is 1. The highest BCUT2D eigenvalue weighted by molar-refractivity contribution is 5.78. The summed E-state index contributed by atoms with van der Waals surface area (Å²) < 4.78 is 10.9. The van der Waals surface area contributed by atoms with Crippen molar-refractivity contribution in [3.8, 4) is 17.2 Å². The molecule has 0 atom stereocenters. The number of hydrogen-bond donors (Lipinski definition) is 1. The Morgan fingerprint density at radius 1 is 1.11 bits per heavy atom. The summed E-state index contributed by atoms with van der Waals surface area (Å²) in [5.41, 5.74) is 3.87. The van der Waals surface area contributed by atoms with Crippen molar-refractivity contribution in [3.63, 3.8) is 0 Å². The molecule has 0 unspecified atom stereocenters. The van der Waals surface area contributed by atoms with Gasteiger partial charge in [0.15, 0.2) is 0 Å². The van der Waals surface area contributed by atoms with Gasteiger partial charge >= 0.3 is 0 Å². The molecule has 0 aliphatic heterocycles. The Morgan fingerprint density at radius 3 is 2.56 bits per heavy atom. The zero-order valence-electron chi connectivity index (χ0n) is 15.9. The fourth-order valence-corrected chi connectivity index (χ4v) is 2.87. The third kappa shape index (κ3) is 4.76. The van der Waals surface area contributed by atoms with Gasteiger partial charge in [0.1, 0.15) is 11.5 Å². The van der Waals surface area contributed by atoms with Crippen molar-refractivity contribution in [2.75, 3.05) is 13.7 Å². The molecule has 1 N–H and O–H groups in total. The Balaban J connectivity index is 1.55. The zero-order chi connectivity index (χ0) is 19.2. The summed E-state index contributed by atoms with van der Waals surface area (Å²) in [6, 6.07) is 15.8. The average Bonchev–Trinajstić information content (AvgIpc) is 3.03. The van der Waals surface area contributed by atoms with Crippen molar-refractivity contribution >= 4 is 5.91 Å². The lowest BCUT2D eigenvalue weighted by Gasteiger charge is -2.05. The summed E-state index contributed by atoms with van der Waals surface area (Å²) in [5.74, 6) is 2.01. The Morgan fingerprint density at radius 2 is 1.85 bits per heavy atom. The molecule has 0 aliphatic rings. The number of oxazole rings is 1. The van der Waals surface area contributed by atoms with Gasteiger partial charge in [0.25, 0.3) is 0 Å². The molecule has 1 heterocycles. The van der Waals surface area contributed by atoms with Crippen molar-refractivity contribution in [1.82, 2.24) is 10.3 Å². The monoisotopic (exact) mass is 364 g/mol. The summed E-state index contributed by atoms with van der Waals surface area (Å²) in [6.07, 6.45) is 0.978. The van der Waals surface area contributed by atoms with Gasteiger partial charge in [-0.1, -0.05) is 30.3 Å². The normalized spacial score (nSPS) is 10.6. The summed E-state index contributed by atoms with van der Waals surface area (Å²) in [7, 11) is 1.64. The first-order chi connectivity index (χ1) is 13.1. The van der Waals surface area contributed by atoms with E-state index in [9.17, 15) is 4.79 Å². The van der Waals surface area contributed by atoms with E-state index in [1.165, 1.54) is 0 Å². The van der Waals surface area contributed by atoms with E-state index in [2.05, 4.69) is 10.3 Å². The Hall–Kier alpha value is -3.08. The van der Waals surface area contributed by atoms with Crippen LogP contribution in [-0.2, 0) is 17.6 Å². The minimum absolute atomic E-state index is 0.0590. The van der Waals surface area contributed by atoms with Crippen LogP contribution in [0.25, 0.3) is 11.5 Å². The van der Waals surface area contributed by atoms with E-state index in [4.69, 9.17) is 9.15 Å². The largest absolute Gasteiger partial charge is 0.497 e. The maximum Gasteiger partial charge on any atom is 0.226 e. The molecule has 0 saturated heterocycles. The predicted octanol–water partition coefficient (Wildman–Crippen LogP) is 3.87. The molecule has 5 heteroatoms. The SMILES string of the molecule is COc1ccc(CCNC(=O)Cc2nc(-c3ccccc3C)oc2C)cc1. The average molecular weight is 364 g/mol. The van der Waals surface area contributed by atoms with Crippen molar-refractivity contribution in [3.05, 3.63) is 71.1 Å². The second kappa shape index (κ2) is 8.54. The van der Waals surface area contributed by atoms with Crippen LogP contribution in [0, 0.1) is 13.8 Å². The highest BCUT2D eigenvalue weighted by Crippen LogP contribution is 2.24. The van der Waals surface area contributed by atoms with Gasteiger partial charge in [0.05, 0.1) is 19.2 Å². The fourth-order valence-electron chi connectivity index (χ4n) is 2.87. The first kappa shape index (κ1) is 18.7. The minimum Gasteiger partial charge on any atom is -0.497 e. The van der Waals surface area contributed by atoms with Crippen LogP contribution < -0.4 is 10.1 Å². The summed E-state index contributed by atoms with van der Waals surface area (Å²) >= 11 is 0. The van der Waals surface area contributed by atoms with E-state index < -0.39 is 0 Å². The number of rotatable bonds is 7. The maximum atomic E-state index is 12.3. The zero-order valence-corrected chi connectivity index (χ0v) is 15.9. The van der Waals surface area contributed by atoms with Crippen LogP contribution in [-0.4, -0.2) is 24.5 Å². The topological polar surface area (TPSA) is 64.4 Å². The number of amides is 1. The quantitative estimate of drug-likeness (QED) is 0.691. The number of nitrogens with one attached hydrogen (secondary N) is 1. The molecule has 0 aliphatic carbocycles. The van der Waals surface area contributed by atoms with Gasteiger partial charge in [0, 0.05) is 12.1 Å². The number of methoxy groups -OCH3 is 1. The first-order valence-electron chi connectivity index (χ1n) is 8.98. The number of aryl methyl sites for hydroxylation is 2. The van der Waals surface area contributed by atoms with Crippen LogP contribution in [0.2, 0.25) is 0 Å². The summed E-state index contributed by atoms with van der Waals surface area (Å²) in [4.78, 5) is 16.8. The molecule has 0 radical (unpaired) electrons. The second-order valence-corrected chi connectivity index (χ2v) is 6.46. The molecule has 0 bridgehead atoms. The van der Waals surface area contributed by atoms with E-state index in [0.717, 1.165) is 28.9 Å². The highest BCUT2D eigenvalue weighted by atomic mass is 16.5. The molecule has 5 nitrogen and oxygen atoms in total. The first-order valence-corrected chi connectivity index (χ1v) is 8.98. The lowest BCUT2D eigenvalue weighted by atomic mass is 10.1. The molecule has 27 heavy (non-hydrogen) atoms. The van der Waals surface area contributed by atoms with Crippen LogP contribution in [0.1, 0.15) is 22.6 Å². The standard InChI is InChI=1S/C22H24N2O3/c1-15-6-4-5-7-19(15)22-24-20(16(2)27-22)14-21(25)23-13-12-17-8-10-18(26-3)11-9-17/h4-11H,12-14H2,1-3H3,(H,23,25). The van der Waals surface area contributed by atoms with Gasteiger partial charge in [-0.25, -0.2) is 4.98 Å². The molecule has 140 valence electrons. The molecule has 1 amide bonds. The van der Waals surface area contributed by atoms with Gasteiger partial charge in [-0.15, -0.1) is 0 Å². The fraction of sp³-hybridized carbons (Fsp3) is 0.273. The third-order valence-electron chi connectivity index (χ3n) is 4.49. The number of aromatic nitrogens is 1. The van der Waals surface area contributed by atoms with Crippen LogP contribution in [0.5, 0.6) is 5.75 Å². The Bertz CT molecular complexity index is 914. The molecule has 0 saturated carbocycles. The third-order valence-corrected chi connectivity index (χ3v) is 4.49. The van der Waals surface area contributed by atoms with Crippen molar-refractivity contribution in [2.45, 2.75) is 26.7 Å². The van der Waals surface area contributed by atoms with Gasteiger partial charge < -0.3 is 14.5 Å². The van der Waals surface area contributed by atoms with E-state index in [1.807, 2.05) is 62.4 Å². The smallest absolute Gasteiger partial charge is 0.226 e. The maximum absolute atomic E-state index is 12.3. The molecule has 3 aromatic rings. The molecule has 2 aromatic carbocycles. The number of hydrogen-bond acceptors (Lipinski definition) is 4. The molecule has 1 aromatic heterocycles. The Kier molecular flexibility index (Phi) is 5.91. The lowest BCUT2D eigenvalue weighted by molar-refractivity contribution is -0.120. The highest BCUT2D eigenvalue weighted by Gasteiger charge is 2.15. The predicted molar refractivity (Wildman–Crippen MR) is 105 cm³/mol. The number of carbonyl (C=O) groups is 1. The van der Waals surface area contributed by atoms with Crippen LogP contribution in [0.3, 0.4) is 0 Å². The summed E-state index contributed by atoms with van der Waals surface area (Å²) in [5, 5.41) is 2.94. The van der Waals surface area contributed by atoms with Gasteiger partial charge in [0.2, 0.25) is 11.8 Å². The van der Waals surface area contributed by atoms with E-state index in [0.29, 0.717) is 23.9 Å². The van der Waals surface area contributed by atoms with Gasteiger partial charge in [-0.2, -0.15) is 0 Å². The summed E-state index contributed by atoms with van der Waals surface area (Å²) in [6.45, 7) is 4.43. The molecule has 0 fully saturated rings. The number of benzene rings is 2. The van der Waals surface area contributed by atoms with Crippen molar-refractivity contribution in [2.24, 2.45) is 0 Å². The molecular formula is C22H24N2O3. The van der Waals surface area contributed by atoms with Crippen molar-refractivity contribution in [1.29, 1.82) is 0 Å². The van der Waals surface area contributed by atoms with Crippen LogP contribution in [0.4, 0.5) is 0 Å². The Labute approximate surface area is 159 Å². The van der Waals surface area contributed by atoms with E-state index >= 15 is 0 Å². The van der Waals surface area contributed by atoms with Gasteiger partial charge in [-0.05, 0) is 49.6 Å². The van der Waals surface area contributed by atoms with Crippen LogP contribution >= 0.6 is 0 Å². The van der Waals surface area contributed by atoms with Crippen LogP contribution in [0.15, 0.2) is 52.9 Å². The van der Waals surface area contributed by atoms with E-state index in [1.54, 1.807) is 7.11 Å². The minimum atomic E-state index is -0.0590. The lowest BCUT2D eigenvalue weighted by Crippen LogP contribution is -2.27. The molecular weight excluding hydrogens is 340 g/mol.